The molecule has 2 aromatic carbocycles. The summed E-state index contributed by atoms with van der Waals surface area (Å²) in [5, 5.41) is 4.22. The molecular formula is C13H9BrCl2FN. The average molecular weight is 349 g/mol. The Hall–Kier alpha value is -0.770. The second-order valence-corrected chi connectivity index (χ2v) is 5.33. The third kappa shape index (κ3) is 3.16. The molecule has 0 unspecified atom stereocenters. The van der Waals surface area contributed by atoms with E-state index in [0.717, 1.165) is 11.3 Å². The van der Waals surface area contributed by atoms with Crippen LogP contribution in [-0.4, -0.2) is 0 Å². The summed E-state index contributed by atoms with van der Waals surface area (Å²) in [6.45, 7) is 0.517. The lowest BCUT2D eigenvalue weighted by Gasteiger charge is -2.10. The fraction of sp³-hybridized carbons (Fsp3) is 0.0769. The number of anilines is 1. The van der Waals surface area contributed by atoms with Gasteiger partial charge >= 0.3 is 0 Å². The zero-order valence-corrected chi connectivity index (χ0v) is 12.3. The maximum absolute atomic E-state index is 12.9. The van der Waals surface area contributed by atoms with Gasteiger partial charge in [-0.05, 0) is 45.8 Å². The standard InChI is InChI=1S/C13H9BrCl2FN/c14-10-6-9(17)4-5-12(10)18-7-8-2-1-3-11(15)13(8)16/h1-6,18H,7H2. The van der Waals surface area contributed by atoms with E-state index in [-0.39, 0.29) is 5.82 Å². The highest BCUT2D eigenvalue weighted by molar-refractivity contribution is 9.10. The monoisotopic (exact) mass is 347 g/mol. The lowest BCUT2D eigenvalue weighted by Crippen LogP contribution is -2.01. The zero-order valence-electron chi connectivity index (χ0n) is 9.18. The minimum Gasteiger partial charge on any atom is -0.380 e. The van der Waals surface area contributed by atoms with E-state index >= 15 is 0 Å². The molecule has 0 atom stereocenters. The van der Waals surface area contributed by atoms with Crippen LogP contribution in [0.3, 0.4) is 0 Å². The summed E-state index contributed by atoms with van der Waals surface area (Å²) in [5.74, 6) is -0.284. The van der Waals surface area contributed by atoms with Gasteiger partial charge in [0, 0.05) is 16.7 Å². The Balaban J connectivity index is 2.14. The van der Waals surface area contributed by atoms with E-state index < -0.39 is 0 Å². The predicted molar refractivity (Wildman–Crippen MR) is 77.9 cm³/mol. The van der Waals surface area contributed by atoms with E-state index in [9.17, 15) is 4.39 Å². The Bertz CT molecular complexity index is 575. The molecule has 18 heavy (non-hydrogen) atoms. The van der Waals surface area contributed by atoms with E-state index in [0.29, 0.717) is 21.1 Å². The van der Waals surface area contributed by atoms with Gasteiger partial charge in [0.15, 0.2) is 0 Å². The Labute approximate surface area is 123 Å². The van der Waals surface area contributed by atoms with Crippen LogP contribution in [0.15, 0.2) is 40.9 Å². The van der Waals surface area contributed by atoms with Gasteiger partial charge in [-0.2, -0.15) is 0 Å². The number of hydrogen-bond donors (Lipinski definition) is 1. The normalized spacial score (nSPS) is 10.4. The van der Waals surface area contributed by atoms with Crippen LogP contribution in [0.2, 0.25) is 10.0 Å². The molecule has 0 aliphatic heterocycles. The molecule has 0 aliphatic rings. The summed E-state index contributed by atoms with van der Waals surface area (Å²) < 4.78 is 13.6. The number of nitrogens with one attached hydrogen (secondary N) is 1. The Morgan fingerprint density at radius 2 is 1.94 bits per heavy atom. The number of hydrogen-bond acceptors (Lipinski definition) is 1. The largest absolute Gasteiger partial charge is 0.380 e. The van der Waals surface area contributed by atoms with Crippen molar-refractivity contribution in [2.24, 2.45) is 0 Å². The highest BCUT2D eigenvalue weighted by Gasteiger charge is 2.05. The average Bonchev–Trinajstić information content (AvgIpc) is 2.33. The summed E-state index contributed by atoms with van der Waals surface area (Å²) in [5.41, 5.74) is 1.69. The second kappa shape index (κ2) is 5.91. The van der Waals surface area contributed by atoms with Crippen LogP contribution >= 0.6 is 39.1 Å². The van der Waals surface area contributed by atoms with Crippen molar-refractivity contribution in [3.8, 4) is 0 Å². The Kier molecular flexibility index (Phi) is 4.49. The van der Waals surface area contributed by atoms with Crippen LogP contribution in [0.25, 0.3) is 0 Å². The number of halogens is 4. The van der Waals surface area contributed by atoms with Gasteiger partial charge in [-0.25, -0.2) is 4.39 Å². The first kappa shape index (κ1) is 13.7. The first-order chi connectivity index (χ1) is 8.58. The summed E-state index contributed by atoms with van der Waals surface area (Å²) in [6, 6.07) is 9.93. The van der Waals surface area contributed by atoms with Gasteiger partial charge in [0.1, 0.15) is 5.82 Å². The molecule has 5 heteroatoms. The van der Waals surface area contributed by atoms with E-state index in [1.54, 1.807) is 12.1 Å². The van der Waals surface area contributed by atoms with Gasteiger partial charge in [0.05, 0.1) is 10.0 Å². The highest BCUT2D eigenvalue weighted by atomic mass is 79.9. The zero-order chi connectivity index (χ0) is 13.1. The quantitative estimate of drug-likeness (QED) is 0.771. The van der Waals surface area contributed by atoms with Gasteiger partial charge in [-0.3, -0.25) is 0 Å². The smallest absolute Gasteiger partial charge is 0.124 e. The lowest BCUT2D eigenvalue weighted by atomic mass is 10.2. The van der Waals surface area contributed by atoms with Crippen molar-refractivity contribution in [3.05, 3.63) is 62.3 Å². The number of rotatable bonds is 3. The van der Waals surface area contributed by atoms with Crippen LogP contribution in [0.5, 0.6) is 0 Å². The molecule has 0 heterocycles. The highest BCUT2D eigenvalue weighted by Crippen LogP contribution is 2.28. The van der Waals surface area contributed by atoms with Crippen molar-refractivity contribution < 1.29 is 4.39 Å². The Morgan fingerprint density at radius 3 is 2.67 bits per heavy atom. The van der Waals surface area contributed by atoms with Crippen LogP contribution in [-0.2, 0) is 6.54 Å². The van der Waals surface area contributed by atoms with Crippen LogP contribution in [0, 0.1) is 5.82 Å². The molecule has 0 radical (unpaired) electrons. The molecule has 2 aromatic rings. The van der Waals surface area contributed by atoms with Crippen molar-refractivity contribution >= 4 is 44.8 Å². The van der Waals surface area contributed by atoms with Crippen molar-refractivity contribution in [2.75, 3.05) is 5.32 Å². The summed E-state index contributed by atoms with van der Waals surface area (Å²) in [6.07, 6.45) is 0. The van der Waals surface area contributed by atoms with Crippen molar-refractivity contribution in [2.45, 2.75) is 6.54 Å². The molecule has 0 aromatic heterocycles. The van der Waals surface area contributed by atoms with Gasteiger partial charge in [0.2, 0.25) is 0 Å². The molecule has 94 valence electrons. The predicted octanol–water partition coefficient (Wildman–Crippen LogP) is 5.51. The van der Waals surface area contributed by atoms with Crippen LogP contribution in [0.4, 0.5) is 10.1 Å². The third-order valence-electron chi connectivity index (χ3n) is 2.43. The molecule has 0 aliphatic carbocycles. The first-order valence-electron chi connectivity index (χ1n) is 5.20. The van der Waals surface area contributed by atoms with Crippen molar-refractivity contribution in [1.29, 1.82) is 0 Å². The van der Waals surface area contributed by atoms with Crippen LogP contribution < -0.4 is 5.32 Å². The SMILES string of the molecule is Fc1ccc(NCc2cccc(Cl)c2Cl)c(Br)c1. The summed E-state index contributed by atoms with van der Waals surface area (Å²) in [4.78, 5) is 0. The fourth-order valence-electron chi connectivity index (χ4n) is 1.51. The van der Waals surface area contributed by atoms with E-state index in [1.807, 2.05) is 12.1 Å². The summed E-state index contributed by atoms with van der Waals surface area (Å²) in [7, 11) is 0. The fourth-order valence-corrected chi connectivity index (χ4v) is 2.39. The molecule has 1 N–H and O–H groups in total. The molecule has 0 fully saturated rings. The van der Waals surface area contributed by atoms with Gasteiger partial charge in [-0.1, -0.05) is 35.3 Å². The topological polar surface area (TPSA) is 12.0 Å². The first-order valence-corrected chi connectivity index (χ1v) is 6.74. The van der Waals surface area contributed by atoms with E-state index in [1.165, 1.54) is 12.1 Å². The minimum absolute atomic E-state index is 0.284. The minimum atomic E-state index is -0.284. The molecule has 0 spiro atoms. The van der Waals surface area contributed by atoms with Gasteiger partial charge < -0.3 is 5.32 Å². The van der Waals surface area contributed by atoms with Gasteiger partial charge in [-0.15, -0.1) is 0 Å². The van der Waals surface area contributed by atoms with Crippen molar-refractivity contribution in [3.63, 3.8) is 0 Å². The van der Waals surface area contributed by atoms with Gasteiger partial charge in [0.25, 0.3) is 0 Å². The lowest BCUT2D eigenvalue weighted by molar-refractivity contribution is 0.627. The molecule has 0 saturated heterocycles. The molecule has 2 rings (SSSR count). The molecular weight excluding hydrogens is 340 g/mol. The van der Waals surface area contributed by atoms with Crippen LogP contribution in [0.1, 0.15) is 5.56 Å². The number of benzene rings is 2. The van der Waals surface area contributed by atoms with E-state index in [4.69, 9.17) is 23.2 Å². The molecule has 0 amide bonds. The maximum atomic E-state index is 12.9. The second-order valence-electron chi connectivity index (χ2n) is 3.69. The maximum Gasteiger partial charge on any atom is 0.124 e. The molecule has 0 saturated carbocycles. The Morgan fingerprint density at radius 1 is 1.17 bits per heavy atom. The van der Waals surface area contributed by atoms with Crippen molar-refractivity contribution in [1.82, 2.24) is 0 Å². The molecule has 0 bridgehead atoms. The summed E-state index contributed by atoms with van der Waals surface area (Å²) >= 11 is 15.3. The third-order valence-corrected chi connectivity index (χ3v) is 3.95. The molecule has 1 nitrogen and oxygen atoms in total. The van der Waals surface area contributed by atoms with E-state index in [2.05, 4.69) is 21.2 Å².